The van der Waals surface area contributed by atoms with Crippen LogP contribution in [0.4, 0.5) is 0 Å². The monoisotopic (exact) mass is 296 g/mol. The van der Waals surface area contributed by atoms with E-state index in [4.69, 9.17) is 0 Å². The first-order chi connectivity index (χ1) is 7.77. The fourth-order valence-electron chi connectivity index (χ4n) is 2.14. The molecular formula is C11H21ClN2OS2. The molecule has 0 spiro atoms. The van der Waals surface area contributed by atoms with Crippen LogP contribution in [0.25, 0.3) is 0 Å². The summed E-state index contributed by atoms with van der Waals surface area (Å²) < 4.78 is 0. The van der Waals surface area contributed by atoms with Gasteiger partial charge in [-0.3, -0.25) is 4.79 Å². The first-order valence-electron chi connectivity index (χ1n) is 5.92. The molecular weight excluding hydrogens is 276 g/mol. The van der Waals surface area contributed by atoms with Crippen LogP contribution in [-0.4, -0.2) is 59.5 Å². The summed E-state index contributed by atoms with van der Waals surface area (Å²) in [5.74, 6) is 4.90. The Morgan fingerprint density at radius 1 is 1.35 bits per heavy atom. The molecule has 0 radical (unpaired) electrons. The Balaban J connectivity index is 0.00000144. The van der Waals surface area contributed by atoms with Gasteiger partial charge >= 0.3 is 0 Å². The molecule has 2 unspecified atom stereocenters. The minimum absolute atomic E-state index is 0. The zero-order valence-electron chi connectivity index (χ0n) is 10.2. The van der Waals surface area contributed by atoms with Crippen LogP contribution in [0.2, 0.25) is 0 Å². The van der Waals surface area contributed by atoms with Gasteiger partial charge in [-0.25, -0.2) is 0 Å². The van der Waals surface area contributed by atoms with Gasteiger partial charge in [-0.2, -0.15) is 23.5 Å². The molecule has 6 heteroatoms. The molecule has 1 N–H and O–H groups in total. The van der Waals surface area contributed by atoms with Crippen molar-refractivity contribution in [3.63, 3.8) is 0 Å². The molecule has 0 aromatic rings. The van der Waals surface area contributed by atoms with Gasteiger partial charge in [0.1, 0.15) is 0 Å². The summed E-state index contributed by atoms with van der Waals surface area (Å²) in [5, 5.41) is 3.42. The maximum Gasteiger partial charge on any atom is 0.224 e. The van der Waals surface area contributed by atoms with Crippen molar-refractivity contribution in [2.75, 3.05) is 36.6 Å². The number of hydrogen-bond acceptors (Lipinski definition) is 4. The van der Waals surface area contributed by atoms with Gasteiger partial charge in [0, 0.05) is 49.4 Å². The highest BCUT2D eigenvalue weighted by Crippen LogP contribution is 2.22. The van der Waals surface area contributed by atoms with Gasteiger partial charge in [-0.1, -0.05) is 0 Å². The second kappa shape index (κ2) is 7.77. The zero-order chi connectivity index (χ0) is 11.4. The third-order valence-electron chi connectivity index (χ3n) is 3.27. The summed E-state index contributed by atoms with van der Waals surface area (Å²) in [4.78, 5) is 14.0. The molecule has 2 rings (SSSR count). The fraction of sp³-hybridized carbons (Fsp3) is 0.909. The van der Waals surface area contributed by atoms with Gasteiger partial charge in [-0.05, 0) is 12.2 Å². The molecule has 2 saturated heterocycles. The van der Waals surface area contributed by atoms with Crippen LogP contribution in [0.3, 0.4) is 0 Å². The Morgan fingerprint density at radius 2 is 2.12 bits per heavy atom. The highest BCUT2D eigenvalue weighted by Gasteiger charge is 2.26. The highest BCUT2D eigenvalue weighted by atomic mass is 35.5. The van der Waals surface area contributed by atoms with Gasteiger partial charge in [0.2, 0.25) is 5.91 Å². The molecule has 0 aromatic carbocycles. The predicted molar refractivity (Wildman–Crippen MR) is 79.5 cm³/mol. The van der Waals surface area contributed by atoms with Crippen molar-refractivity contribution in [1.29, 1.82) is 0 Å². The Morgan fingerprint density at radius 3 is 2.71 bits per heavy atom. The molecule has 0 aliphatic carbocycles. The molecule has 2 fully saturated rings. The van der Waals surface area contributed by atoms with Crippen LogP contribution in [0.1, 0.15) is 12.8 Å². The third kappa shape index (κ3) is 4.54. The van der Waals surface area contributed by atoms with E-state index >= 15 is 0 Å². The van der Waals surface area contributed by atoms with Crippen molar-refractivity contribution in [1.82, 2.24) is 10.2 Å². The normalized spacial score (nSPS) is 28.5. The second-order valence-corrected chi connectivity index (χ2v) is 6.75. The zero-order valence-corrected chi connectivity index (χ0v) is 12.6. The van der Waals surface area contributed by atoms with Crippen LogP contribution >= 0.6 is 35.9 Å². The number of nitrogens with one attached hydrogen (secondary N) is 1. The molecule has 17 heavy (non-hydrogen) atoms. The van der Waals surface area contributed by atoms with Crippen LogP contribution in [0.15, 0.2) is 0 Å². The smallest absolute Gasteiger partial charge is 0.224 e. The minimum atomic E-state index is 0. The summed E-state index contributed by atoms with van der Waals surface area (Å²) >= 11 is 3.91. The number of hydrogen-bond donors (Lipinski definition) is 1. The summed E-state index contributed by atoms with van der Waals surface area (Å²) in [6.45, 7) is 1.05. The van der Waals surface area contributed by atoms with E-state index in [1.807, 2.05) is 35.5 Å². The summed E-state index contributed by atoms with van der Waals surface area (Å²) in [5.41, 5.74) is 0. The quantitative estimate of drug-likeness (QED) is 0.855. The lowest BCUT2D eigenvalue weighted by Gasteiger charge is -2.28. The molecule has 2 atom stereocenters. The Bertz CT molecular complexity index is 244. The molecule has 2 aliphatic rings. The van der Waals surface area contributed by atoms with E-state index in [1.54, 1.807) is 0 Å². The topological polar surface area (TPSA) is 32.3 Å². The maximum atomic E-state index is 12.1. The third-order valence-corrected chi connectivity index (χ3v) is 5.54. The van der Waals surface area contributed by atoms with Crippen molar-refractivity contribution < 1.29 is 4.79 Å². The number of thioether (sulfide) groups is 2. The van der Waals surface area contributed by atoms with Gasteiger partial charge in [0.25, 0.3) is 0 Å². The first-order valence-corrected chi connectivity index (χ1v) is 8.23. The van der Waals surface area contributed by atoms with E-state index in [0.29, 0.717) is 24.4 Å². The van der Waals surface area contributed by atoms with E-state index in [0.717, 1.165) is 18.1 Å². The van der Waals surface area contributed by atoms with E-state index in [1.165, 1.54) is 17.9 Å². The maximum absolute atomic E-state index is 12.1. The van der Waals surface area contributed by atoms with Crippen LogP contribution in [-0.2, 0) is 4.79 Å². The Kier molecular flexibility index (Phi) is 7.07. The average Bonchev–Trinajstić information content (AvgIpc) is 2.83. The lowest BCUT2D eigenvalue weighted by molar-refractivity contribution is -0.131. The van der Waals surface area contributed by atoms with Crippen molar-refractivity contribution in [3.05, 3.63) is 0 Å². The van der Waals surface area contributed by atoms with Gasteiger partial charge in [0.05, 0.1) is 0 Å². The predicted octanol–water partition coefficient (Wildman–Crippen LogP) is 1.47. The Labute approximate surface area is 118 Å². The number of carbonyl (C=O) groups excluding carboxylic acids is 1. The summed E-state index contributed by atoms with van der Waals surface area (Å²) in [6, 6.07) is 0.872. The number of nitrogens with zero attached hydrogens (tertiary/aromatic N) is 1. The number of rotatable bonds is 3. The lowest BCUT2D eigenvalue weighted by atomic mass is 10.1. The van der Waals surface area contributed by atoms with Crippen molar-refractivity contribution in [3.8, 4) is 0 Å². The average molecular weight is 297 g/mol. The molecule has 2 heterocycles. The van der Waals surface area contributed by atoms with E-state index in [-0.39, 0.29) is 12.4 Å². The molecule has 100 valence electrons. The lowest BCUT2D eigenvalue weighted by Crippen LogP contribution is -2.44. The molecule has 0 aromatic heterocycles. The molecule has 2 aliphatic heterocycles. The number of carbonyl (C=O) groups is 1. The first kappa shape index (κ1) is 15.5. The number of amides is 1. The fourth-order valence-corrected chi connectivity index (χ4v) is 4.35. The minimum Gasteiger partial charge on any atom is -0.342 e. The molecule has 1 amide bonds. The van der Waals surface area contributed by atoms with Crippen LogP contribution in [0.5, 0.6) is 0 Å². The number of halogens is 1. The molecule has 0 bridgehead atoms. The van der Waals surface area contributed by atoms with Crippen molar-refractivity contribution in [2.24, 2.45) is 0 Å². The highest BCUT2D eigenvalue weighted by molar-refractivity contribution is 7.99. The molecule has 0 saturated carbocycles. The van der Waals surface area contributed by atoms with E-state index in [9.17, 15) is 4.79 Å². The van der Waals surface area contributed by atoms with Crippen molar-refractivity contribution >= 4 is 41.8 Å². The summed E-state index contributed by atoms with van der Waals surface area (Å²) in [6.07, 6.45) is 1.84. The molecule has 3 nitrogen and oxygen atoms in total. The van der Waals surface area contributed by atoms with E-state index < -0.39 is 0 Å². The van der Waals surface area contributed by atoms with E-state index in [2.05, 4.69) is 5.32 Å². The largest absolute Gasteiger partial charge is 0.342 e. The van der Waals surface area contributed by atoms with Crippen LogP contribution < -0.4 is 5.32 Å². The SMILES string of the molecule is CN(C(=O)CC1CSCCN1)C1CCSC1.Cl. The summed E-state index contributed by atoms with van der Waals surface area (Å²) in [7, 11) is 1.97. The Hall–Kier alpha value is 0.420. The second-order valence-electron chi connectivity index (χ2n) is 4.45. The van der Waals surface area contributed by atoms with Gasteiger partial charge in [0.15, 0.2) is 0 Å². The van der Waals surface area contributed by atoms with Crippen LogP contribution in [0, 0.1) is 0 Å². The van der Waals surface area contributed by atoms with Gasteiger partial charge < -0.3 is 10.2 Å². The van der Waals surface area contributed by atoms with Crippen molar-refractivity contribution in [2.45, 2.75) is 24.9 Å². The van der Waals surface area contributed by atoms with Gasteiger partial charge in [-0.15, -0.1) is 12.4 Å². The standard InChI is InChI=1S/C11H20N2OS2.ClH/c1-13(10-2-4-15-8-10)11(14)6-9-7-16-5-3-12-9;/h9-10,12H,2-8H2,1H3;1H.